The molecule has 1 amide bonds. The van der Waals surface area contributed by atoms with Crippen LogP contribution >= 0.6 is 0 Å². The fourth-order valence-electron chi connectivity index (χ4n) is 2.72. The smallest absolute Gasteiger partial charge is 0.326 e. The van der Waals surface area contributed by atoms with Gasteiger partial charge < -0.3 is 14.2 Å². The van der Waals surface area contributed by atoms with Crippen molar-refractivity contribution < 1.29 is 37.0 Å². The number of benzene rings is 2. The molecule has 0 aromatic heterocycles. The van der Waals surface area contributed by atoms with E-state index in [-0.39, 0.29) is 12.5 Å². The van der Waals surface area contributed by atoms with Crippen molar-refractivity contribution in [2.75, 3.05) is 18.2 Å². The third-order valence-corrected chi connectivity index (χ3v) is 3.84. The number of anilines is 1. The molecule has 0 N–H and O–H groups in total. The summed E-state index contributed by atoms with van der Waals surface area (Å²) >= 11 is 0. The number of carbonyl (C=O) groups is 2. The first kappa shape index (κ1) is 20.5. The zero-order valence-corrected chi connectivity index (χ0v) is 15.9. The van der Waals surface area contributed by atoms with Gasteiger partial charge in [0, 0.05) is 23.9 Å². The predicted molar refractivity (Wildman–Crippen MR) is 96.4 cm³/mol. The Kier molecular flexibility index (Phi) is 5.41. The van der Waals surface area contributed by atoms with Crippen LogP contribution in [0.25, 0.3) is 0 Å². The second kappa shape index (κ2) is 7.65. The van der Waals surface area contributed by atoms with E-state index in [1.165, 1.54) is 18.2 Å². The molecule has 29 heavy (non-hydrogen) atoms. The van der Waals surface area contributed by atoms with E-state index in [9.17, 15) is 22.8 Å². The van der Waals surface area contributed by atoms with Gasteiger partial charge in [0.2, 0.25) is 6.79 Å². The maximum Gasteiger partial charge on any atom is 0.326 e. The number of esters is 1. The molecule has 1 aliphatic rings. The number of ether oxygens (including phenoxy) is 3. The van der Waals surface area contributed by atoms with Crippen molar-refractivity contribution in [2.45, 2.75) is 26.4 Å². The Bertz CT molecular complexity index is 948. The summed E-state index contributed by atoms with van der Waals surface area (Å²) in [7, 11) is 0. The SMILES string of the molecule is CC(C)(C)OC(=O)CN(C(=O)c1c(F)cc(F)cc1F)c1ccc2c(c1)OCO2. The normalized spacial score (nSPS) is 12.6. The zero-order valence-electron chi connectivity index (χ0n) is 15.9. The fraction of sp³-hybridized carbons (Fsp3) is 0.300. The molecule has 0 radical (unpaired) electrons. The number of amides is 1. The Morgan fingerprint density at radius 1 is 1.03 bits per heavy atom. The summed E-state index contributed by atoms with van der Waals surface area (Å²) in [6.07, 6.45) is 0. The van der Waals surface area contributed by atoms with Crippen LogP contribution in [-0.2, 0) is 9.53 Å². The number of fused-ring (bicyclic) bond motifs is 1. The third kappa shape index (κ3) is 4.61. The molecule has 2 aromatic rings. The average Bonchev–Trinajstić information content (AvgIpc) is 3.04. The fourth-order valence-corrected chi connectivity index (χ4v) is 2.72. The first-order valence-corrected chi connectivity index (χ1v) is 8.63. The Balaban J connectivity index is 2.01. The minimum absolute atomic E-state index is 0.0278. The van der Waals surface area contributed by atoms with Crippen molar-refractivity contribution in [2.24, 2.45) is 0 Å². The Morgan fingerprint density at radius 2 is 1.66 bits per heavy atom. The maximum atomic E-state index is 14.2. The monoisotopic (exact) mass is 409 g/mol. The van der Waals surface area contributed by atoms with Crippen LogP contribution in [0.1, 0.15) is 31.1 Å². The van der Waals surface area contributed by atoms with Crippen molar-refractivity contribution in [3.05, 3.63) is 53.3 Å². The molecule has 0 unspecified atom stereocenters. The van der Waals surface area contributed by atoms with Crippen molar-refractivity contribution in [3.63, 3.8) is 0 Å². The van der Waals surface area contributed by atoms with Gasteiger partial charge >= 0.3 is 5.97 Å². The molecule has 0 aliphatic carbocycles. The number of halogens is 3. The van der Waals surface area contributed by atoms with Crippen molar-refractivity contribution in [1.82, 2.24) is 0 Å². The van der Waals surface area contributed by atoms with Crippen LogP contribution in [-0.4, -0.2) is 30.8 Å². The lowest BCUT2D eigenvalue weighted by Gasteiger charge is -2.25. The van der Waals surface area contributed by atoms with E-state index >= 15 is 0 Å². The molecule has 9 heteroatoms. The Morgan fingerprint density at radius 3 is 2.28 bits per heavy atom. The highest BCUT2D eigenvalue weighted by Crippen LogP contribution is 2.36. The summed E-state index contributed by atoms with van der Waals surface area (Å²) < 4.78 is 57.2. The van der Waals surface area contributed by atoms with Gasteiger partial charge in [-0.3, -0.25) is 14.5 Å². The molecular formula is C20H18F3NO5. The van der Waals surface area contributed by atoms with Crippen LogP contribution in [0, 0.1) is 17.5 Å². The molecule has 0 atom stereocenters. The van der Waals surface area contributed by atoms with Gasteiger partial charge in [-0.2, -0.15) is 0 Å². The maximum absolute atomic E-state index is 14.2. The molecular weight excluding hydrogens is 391 g/mol. The number of hydrogen-bond donors (Lipinski definition) is 0. The van der Waals surface area contributed by atoms with Gasteiger partial charge in [-0.15, -0.1) is 0 Å². The molecule has 6 nitrogen and oxygen atoms in total. The molecule has 0 saturated carbocycles. The standard InChI is InChI=1S/C20H18F3NO5/c1-20(2,3)29-17(25)9-24(12-4-5-15-16(8-12)28-10-27-15)19(26)18-13(22)6-11(21)7-14(18)23/h4-8H,9-10H2,1-3H3. The topological polar surface area (TPSA) is 65.1 Å². The first-order valence-electron chi connectivity index (χ1n) is 8.63. The number of nitrogens with zero attached hydrogens (tertiary/aromatic N) is 1. The van der Waals surface area contributed by atoms with Crippen molar-refractivity contribution in [3.8, 4) is 11.5 Å². The van der Waals surface area contributed by atoms with Crippen LogP contribution in [0.4, 0.5) is 18.9 Å². The highest BCUT2D eigenvalue weighted by atomic mass is 19.1. The van der Waals surface area contributed by atoms with E-state index in [0.717, 1.165) is 4.90 Å². The van der Waals surface area contributed by atoms with Crippen LogP contribution in [0.15, 0.2) is 30.3 Å². The van der Waals surface area contributed by atoms with Gasteiger partial charge in [0.1, 0.15) is 35.2 Å². The molecule has 0 fully saturated rings. The molecule has 154 valence electrons. The first-order chi connectivity index (χ1) is 13.5. The van der Waals surface area contributed by atoms with Crippen LogP contribution in [0.3, 0.4) is 0 Å². The predicted octanol–water partition coefficient (Wildman–Crippen LogP) is 3.82. The molecule has 1 aliphatic heterocycles. The number of carbonyl (C=O) groups excluding carboxylic acids is 2. The van der Waals surface area contributed by atoms with Crippen molar-refractivity contribution in [1.29, 1.82) is 0 Å². The molecule has 3 rings (SSSR count). The number of rotatable bonds is 4. The molecule has 0 bridgehead atoms. The van der Waals surface area contributed by atoms with Gasteiger partial charge in [0.15, 0.2) is 11.5 Å². The lowest BCUT2D eigenvalue weighted by Crippen LogP contribution is -2.39. The quantitative estimate of drug-likeness (QED) is 0.719. The van der Waals surface area contributed by atoms with Gasteiger partial charge in [0.05, 0.1) is 0 Å². The second-order valence-electron chi connectivity index (χ2n) is 7.26. The number of hydrogen-bond acceptors (Lipinski definition) is 5. The lowest BCUT2D eigenvalue weighted by atomic mass is 10.1. The Hall–Kier alpha value is -3.23. The van der Waals surface area contributed by atoms with E-state index in [1.807, 2.05) is 0 Å². The van der Waals surface area contributed by atoms with Gasteiger partial charge in [-0.25, -0.2) is 13.2 Å². The Labute approximate surface area is 164 Å². The van der Waals surface area contributed by atoms with Gasteiger partial charge in [-0.1, -0.05) is 0 Å². The van der Waals surface area contributed by atoms with Gasteiger partial charge in [0.25, 0.3) is 5.91 Å². The highest BCUT2D eigenvalue weighted by molar-refractivity contribution is 6.08. The third-order valence-electron chi connectivity index (χ3n) is 3.84. The van der Waals surface area contributed by atoms with E-state index in [0.29, 0.717) is 23.6 Å². The summed E-state index contributed by atoms with van der Waals surface area (Å²) in [4.78, 5) is 26.1. The second-order valence-corrected chi connectivity index (χ2v) is 7.26. The summed E-state index contributed by atoms with van der Waals surface area (Å²) in [5, 5.41) is 0. The summed E-state index contributed by atoms with van der Waals surface area (Å²) in [6, 6.07) is 5.09. The van der Waals surface area contributed by atoms with Crippen molar-refractivity contribution >= 4 is 17.6 Å². The van der Waals surface area contributed by atoms with Crippen LogP contribution in [0.5, 0.6) is 11.5 Å². The van der Waals surface area contributed by atoms with E-state index in [4.69, 9.17) is 14.2 Å². The summed E-state index contributed by atoms with van der Waals surface area (Å²) in [6.45, 7) is 4.25. The molecule has 0 saturated heterocycles. The highest BCUT2D eigenvalue weighted by Gasteiger charge is 2.30. The van der Waals surface area contributed by atoms with E-state index in [1.54, 1.807) is 20.8 Å². The molecule has 2 aromatic carbocycles. The minimum atomic E-state index is -1.39. The van der Waals surface area contributed by atoms with Crippen LogP contribution < -0.4 is 14.4 Å². The lowest BCUT2D eigenvalue weighted by molar-refractivity contribution is -0.152. The molecule has 1 heterocycles. The summed E-state index contributed by atoms with van der Waals surface area (Å²) in [5.41, 5.74) is -1.71. The summed E-state index contributed by atoms with van der Waals surface area (Å²) in [5.74, 6) is -5.21. The van der Waals surface area contributed by atoms with Crippen LogP contribution in [0.2, 0.25) is 0 Å². The largest absolute Gasteiger partial charge is 0.459 e. The average molecular weight is 409 g/mol. The minimum Gasteiger partial charge on any atom is -0.459 e. The molecule has 0 spiro atoms. The van der Waals surface area contributed by atoms with E-state index < -0.39 is 47.0 Å². The zero-order chi connectivity index (χ0) is 21.3. The van der Waals surface area contributed by atoms with E-state index in [2.05, 4.69) is 0 Å². The van der Waals surface area contributed by atoms with Gasteiger partial charge in [-0.05, 0) is 32.9 Å².